The summed E-state index contributed by atoms with van der Waals surface area (Å²) in [5, 5.41) is 7.82. The lowest BCUT2D eigenvalue weighted by molar-refractivity contribution is 0.0708. The first-order valence-electron chi connectivity index (χ1n) is 7.29. The third kappa shape index (κ3) is 2.83. The first-order valence-corrected chi connectivity index (χ1v) is 7.29. The Morgan fingerprint density at radius 1 is 1.33 bits per heavy atom. The van der Waals surface area contributed by atoms with E-state index in [9.17, 15) is 4.79 Å². The van der Waals surface area contributed by atoms with Crippen LogP contribution in [0.3, 0.4) is 0 Å². The Labute approximate surface area is 124 Å². The number of piperazine rings is 1. The summed E-state index contributed by atoms with van der Waals surface area (Å²) in [6.45, 7) is 6.32. The highest BCUT2D eigenvalue weighted by Crippen LogP contribution is 2.15. The van der Waals surface area contributed by atoms with Gasteiger partial charge in [0.2, 0.25) is 0 Å². The fourth-order valence-corrected chi connectivity index (χ4v) is 2.67. The van der Waals surface area contributed by atoms with Crippen LogP contribution < -0.4 is 5.32 Å². The summed E-state index contributed by atoms with van der Waals surface area (Å²) >= 11 is 0. The van der Waals surface area contributed by atoms with Crippen LogP contribution in [0.5, 0.6) is 0 Å². The lowest BCUT2D eigenvalue weighted by Gasteiger charge is -2.31. The second-order valence-corrected chi connectivity index (χ2v) is 5.51. The molecular weight excluding hydrogens is 264 g/mol. The molecule has 1 aliphatic rings. The molecule has 3 rings (SSSR count). The molecule has 1 amide bonds. The molecule has 110 valence electrons. The molecule has 0 aliphatic carbocycles. The summed E-state index contributed by atoms with van der Waals surface area (Å²) in [7, 11) is 0. The number of carbonyl (C=O) groups excluding carboxylic acids is 1. The lowest BCUT2D eigenvalue weighted by atomic mass is 10.2. The molecule has 1 aromatic heterocycles. The van der Waals surface area contributed by atoms with Crippen LogP contribution in [-0.4, -0.2) is 46.3 Å². The summed E-state index contributed by atoms with van der Waals surface area (Å²) in [4.78, 5) is 14.6. The zero-order chi connectivity index (χ0) is 14.8. The van der Waals surface area contributed by atoms with Gasteiger partial charge in [-0.2, -0.15) is 5.10 Å². The minimum absolute atomic E-state index is 0.0723. The van der Waals surface area contributed by atoms with E-state index in [0.717, 1.165) is 31.0 Å². The Bertz CT molecular complexity index is 635. The SMILES string of the molecule is Cc1nn(-c2ccccc2)cc1C(=O)N1CCN[C@H](C)C1. The molecule has 1 N–H and O–H groups in total. The van der Waals surface area contributed by atoms with Gasteiger partial charge in [0, 0.05) is 31.9 Å². The highest BCUT2D eigenvalue weighted by Gasteiger charge is 2.24. The first-order chi connectivity index (χ1) is 10.1. The maximum absolute atomic E-state index is 12.7. The van der Waals surface area contributed by atoms with Crippen LogP contribution in [0.15, 0.2) is 36.5 Å². The van der Waals surface area contributed by atoms with Crippen molar-refractivity contribution in [3.05, 3.63) is 47.8 Å². The number of benzene rings is 1. The monoisotopic (exact) mass is 284 g/mol. The van der Waals surface area contributed by atoms with Gasteiger partial charge >= 0.3 is 0 Å². The van der Waals surface area contributed by atoms with Gasteiger partial charge in [-0.25, -0.2) is 4.68 Å². The molecule has 0 spiro atoms. The maximum atomic E-state index is 12.7. The Hall–Kier alpha value is -2.14. The van der Waals surface area contributed by atoms with E-state index < -0.39 is 0 Å². The van der Waals surface area contributed by atoms with Gasteiger partial charge in [-0.15, -0.1) is 0 Å². The first kappa shape index (κ1) is 13.8. The average Bonchev–Trinajstić information content (AvgIpc) is 2.89. The molecule has 1 fully saturated rings. The molecule has 21 heavy (non-hydrogen) atoms. The van der Waals surface area contributed by atoms with E-state index in [-0.39, 0.29) is 5.91 Å². The number of rotatable bonds is 2. The van der Waals surface area contributed by atoms with E-state index in [2.05, 4.69) is 17.3 Å². The molecule has 0 radical (unpaired) electrons. The normalized spacial score (nSPS) is 18.8. The quantitative estimate of drug-likeness (QED) is 0.911. The average molecular weight is 284 g/mol. The number of aryl methyl sites for hydroxylation is 1. The van der Waals surface area contributed by atoms with Crippen molar-refractivity contribution < 1.29 is 4.79 Å². The zero-order valence-electron chi connectivity index (χ0n) is 12.4. The van der Waals surface area contributed by atoms with Crippen LogP contribution in [0.2, 0.25) is 0 Å². The van der Waals surface area contributed by atoms with Gasteiger partial charge < -0.3 is 10.2 Å². The number of aromatic nitrogens is 2. The predicted molar refractivity (Wildman–Crippen MR) is 81.7 cm³/mol. The van der Waals surface area contributed by atoms with E-state index in [1.165, 1.54) is 0 Å². The molecule has 0 saturated carbocycles. The predicted octanol–water partition coefficient (Wildman–Crippen LogP) is 1.61. The third-order valence-corrected chi connectivity index (χ3v) is 3.81. The fraction of sp³-hybridized carbons (Fsp3) is 0.375. The number of hydrogen-bond donors (Lipinski definition) is 1. The Morgan fingerprint density at radius 2 is 2.10 bits per heavy atom. The lowest BCUT2D eigenvalue weighted by Crippen LogP contribution is -2.51. The molecule has 1 aliphatic heterocycles. The Balaban J connectivity index is 1.86. The zero-order valence-corrected chi connectivity index (χ0v) is 12.4. The van der Waals surface area contributed by atoms with Crippen molar-refractivity contribution in [2.45, 2.75) is 19.9 Å². The summed E-state index contributed by atoms with van der Waals surface area (Å²) in [5.74, 6) is 0.0723. The van der Waals surface area contributed by atoms with Gasteiger partial charge in [0.25, 0.3) is 5.91 Å². The summed E-state index contributed by atoms with van der Waals surface area (Å²) in [5.41, 5.74) is 2.43. The van der Waals surface area contributed by atoms with Gasteiger partial charge in [-0.05, 0) is 26.0 Å². The van der Waals surface area contributed by atoms with Crippen molar-refractivity contribution in [1.82, 2.24) is 20.0 Å². The number of nitrogens with zero attached hydrogens (tertiary/aromatic N) is 3. The summed E-state index contributed by atoms with van der Waals surface area (Å²) in [6, 6.07) is 10.2. The van der Waals surface area contributed by atoms with Crippen LogP contribution in [0, 0.1) is 6.92 Å². The summed E-state index contributed by atoms with van der Waals surface area (Å²) in [6.07, 6.45) is 1.83. The highest BCUT2D eigenvalue weighted by atomic mass is 16.2. The van der Waals surface area contributed by atoms with E-state index in [4.69, 9.17) is 0 Å². The second-order valence-electron chi connectivity index (χ2n) is 5.51. The van der Waals surface area contributed by atoms with Gasteiger partial charge in [0.15, 0.2) is 0 Å². The van der Waals surface area contributed by atoms with Gasteiger partial charge in [-0.1, -0.05) is 18.2 Å². The molecule has 0 bridgehead atoms. The van der Waals surface area contributed by atoms with Crippen molar-refractivity contribution in [1.29, 1.82) is 0 Å². The minimum atomic E-state index is 0.0723. The standard InChI is InChI=1S/C16H20N4O/c1-12-10-19(9-8-17-12)16(21)15-11-20(18-13(15)2)14-6-4-3-5-7-14/h3-7,11-12,17H,8-10H2,1-2H3/t12-/m1/s1. The van der Waals surface area contributed by atoms with Gasteiger partial charge in [0.1, 0.15) is 0 Å². The number of para-hydroxylation sites is 1. The van der Waals surface area contributed by atoms with Crippen molar-refractivity contribution in [2.24, 2.45) is 0 Å². The molecule has 1 aromatic carbocycles. The second kappa shape index (κ2) is 5.69. The van der Waals surface area contributed by atoms with Crippen LogP contribution in [0.25, 0.3) is 5.69 Å². The van der Waals surface area contributed by atoms with Crippen LogP contribution >= 0.6 is 0 Å². The van der Waals surface area contributed by atoms with Gasteiger partial charge in [0.05, 0.1) is 16.9 Å². The van der Waals surface area contributed by atoms with Crippen molar-refractivity contribution in [3.8, 4) is 5.69 Å². The largest absolute Gasteiger partial charge is 0.336 e. The molecule has 5 nitrogen and oxygen atoms in total. The van der Waals surface area contributed by atoms with Crippen molar-refractivity contribution in [2.75, 3.05) is 19.6 Å². The van der Waals surface area contributed by atoms with E-state index in [1.54, 1.807) is 4.68 Å². The molecule has 0 unspecified atom stereocenters. The van der Waals surface area contributed by atoms with E-state index in [0.29, 0.717) is 11.6 Å². The number of hydrogen-bond acceptors (Lipinski definition) is 3. The fourth-order valence-electron chi connectivity index (χ4n) is 2.67. The van der Waals surface area contributed by atoms with Crippen LogP contribution in [-0.2, 0) is 0 Å². The maximum Gasteiger partial charge on any atom is 0.257 e. The number of amides is 1. The van der Waals surface area contributed by atoms with Crippen molar-refractivity contribution in [3.63, 3.8) is 0 Å². The van der Waals surface area contributed by atoms with Crippen LogP contribution in [0.1, 0.15) is 23.0 Å². The Morgan fingerprint density at radius 3 is 2.81 bits per heavy atom. The van der Waals surface area contributed by atoms with Gasteiger partial charge in [-0.3, -0.25) is 4.79 Å². The highest BCUT2D eigenvalue weighted by molar-refractivity contribution is 5.95. The Kier molecular flexibility index (Phi) is 3.75. The van der Waals surface area contributed by atoms with E-state index >= 15 is 0 Å². The number of carbonyl (C=O) groups is 1. The molecule has 1 saturated heterocycles. The van der Waals surface area contributed by atoms with Crippen LogP contribution in [0.4, 0.5) is 0 Å². The van der Waals surface area contributed by atoms with E-state index in [1.807, 2.05) is 48.4 Å². The topological polar surface area (TPSA) is 50.2 Å². The third-order valence-electron chi connectivity index (χ3n) is 3.81. The van der Waals surface area contributed by atoms with Crippen molar-refractivity contribution >= 4 is 5.91 Å². The minimum Gasteiger partial charge on any atom is -0.336 e. The molecule has 2 aromatic rings. The number of nitrogens with one attached hydrogen (secondary N) is 1. The summed E-state index contributed by atoms with van der Waals surface area (Å²) < 4.78 is 1.77. The molecule has 1 atom stereocenters. The smallest absolute Gasteiger partial charge is 0.257 e. The molecule has 2 heterocycles. The molecule has 5 heteroatoms. The molecular formula is C16H20N4O.